The maximum atomic E-state index is 6.14. The predicted molar refractivity (Wildman–Crippen MR) is 87.6 cm³/mol. The van der Waals surface area contributed by atoms with E-state index in [1.807, 2.05) is 12.1 Å². The minimum atomic E-state index is 0.123. The molecule has 1 aromatic carbocycles. The second-order valence-corrected chi connectivity index (χ2v) is 6.99. The van der Waals surface area contributed by atoms with E-state index in [-0.39, 0.29) is 5.54 Å². The molecule has 0 bridgehead atoms. The number of methoxy groups -OCH3 is 1. The molecule has 0 saturated carbocycles. The third-order valence-corrected chi connectivity index (χ3v) is 3.83. The Morgan fingerprint density at radius 3 is 2.55 bits per heavy atom. The van der Waals surface area contributed by atoms with Crippen LogP contribution in [0.4, 0.5) is 0 Å². The van der Waals surface area contributed by atoms with Gasteiger partial charge in [-0.2, -0.15) is 0 Å². The van der Waals surface area contributed by atoms with E-state index in [1.165, 1.54) is 5.56 Å². The molecule has 1 rings (SSSR count). The number of halogens is 1. The molecule has 1 aromatic rings. The average molecular weight is 298 g/mol. The Hall–Kier alpha value is -0.570. The largest absolute Gasteiger partial charge is 0.385 e. The molecule has 2 nitrogen and oxygen atoms in total. The van der Waals surface area contributed by atoms with Crippen LogP contribution in [0.25, 0.3) is 0 Å². The summed E-state index contributed by atoms with van der Waals surface area (Å²) in [5, 5.41) is 4.42. The first-order valence-electron chi connectivity index (χ1n) is 7.33. The Kier molecular flexibility index (Phi) is 7.01. The van der Waals surface area contributed by atoms with Gasteiger partial charge in [0.25, 0.3) is 0 Å². The first kappa shape index (κ1) is 17.5. The van der Waals surface area contributed by atoms with Crippen molar-refractivity contribution < 1.29 is 4.74 Å². The summed E-state index contributed by atoms with van der Waals surface area (Å²) in [6, 6.07) is 8.22. The fourth-order valence-electron chi connectivity index (χ4n) is 2.31. The first-order chi connectivity index (χ1) is 9.33. The van der Waals surface area contributed by atoms with Crippen LogP contribution in [0.1, 0.15) is 45.6 Å². The van der Waals surface area contributed by atoms with Crippen molar-refractivity contribution in [1.82, 2.24) is 5.32 Å². The van der Waals surface area contributed by atoms with Gasteiger partial charge in [0.2, 0.25) is 0 Å². The molecule has 0 aliphatic heterocycles. The van der Waals surface area contributed by atoms with Crippen LogP contribution >= 0.6 is 11.6 Å². The second-order valence-electron chi connectivity index (χ2n) is 6.55. The number of hydrogen-bond acceptors (Lipinski definition) is 2. The summed E-state index contributed by atoms with van der Waals surface area (Å²) in [7, 11) is 1.76. The average Bonchev–Trinajstić information content (AvgIpc) is 2.35. The lowest BCUT2D eigenvalue weighted by Crippen LogP contribution is -2.39. The van der Waals surface area contributed by atoms with Gasteiger partial charge < -0.3 is 10.1 Å². The minimum Gasteiger partial charge on any atom is -0.385 e. The van der Waals surface area contributed by atoms with Gasteiger partial charge in [-0.25, -0.2) is 0 Å². The maximum absolute atomic E-state index is 6.14. The summed E-state index contributed by atoms with van der Waals surface area (Å²) in [4.78, 5) is 0. The molecule has 0 aliphatic carbocycles. The normalized spacial score (nSPS) is 15.1. The van der Waals surface area contributed by atoms with Gasteiger partial charge in [0.15, 0.2) is 0 Å². The summed E-state index contributed by atoms with van der Waals surface area (Å²) in [6.45, 7) is 10.6. The lowest BCUT2D eigenvalue weighted by molar-refractivity contribution is 0.172. The van der Waals surface area contributed by atoms with Crippen molar-refractivity contribution >= 4 is 11.6 Å². The van der Waals surface area contributed by atoms with Crippen LogP contribution in [-0.2, 0) is 4.74 Å². The SMILES string of the molecule is COCCC(C)C(CNC(C)(C)C)c1cccc(Cl)c1. The van der Waals surface area contributed by atoms with Crippen molar-refractivity contribution in [3.8, 4) is 0 Å². The Bertz CT molecular complexity index is 400. The topological polar surface area (TPSA) is 21.3 Å². The maximum Gasteiger partial charge on any atom is 0.0465 e. The number of rotatable bonds is 7. The summed E-state index contributed by atoms with van der Waals surface area (Å²) in [5.41, 5.74) is 1.43. The lowest BCUT2D eigenvalue weighted by Gasteiger charge is -2.29. The molecule has 0 fully saturated rings. The summed E-state index contributed by atoms with van der Waals surface area (Å²) < 4.78 is 5.22. The number of benzene rings is 1. The molecule has 0 aliphatic rings. The number of hydrogen-bond donors (Lipinski definition) is 1. The monoisotopic (exact) mass is 297 g/mol. The second kappa shape index (κ2) is 8.02. The summed E-state index contributed by atoms with van der Waals surface area (Å²) in [6.07, 6.45) is 1.06. The van der Waals surface area contributed by atoms with Gasteiger partial charge in [0.05, 0.1) is 0 Å². The van der Waals surface area contributed by atoms with Gasteiger partial charge in [-0.1, -0.05) is 30.7 Å². The molecule has 0 aromatic heterocycles. The van der Waals surface area contributed by atoms with Gasteiger partial charge in [0.1, 0.15) is 0 Å². The molecule has 2 atom stereocenters. The minimum absolute atomic E-state index is 0.123. The van der Waals surface area contributed by atoms with E-state index in [2.05, 4.69) is 45.1 Å². The van der Waals surface area contributed by atoms with Crippen LogP contribution in [-0.4, -0.2) is 25.8 Å². The Morgan fingerprint density at radius 2 is 2.00 bits per heavy atom. The van der Waals surface area contributed by atoms with Crippen LogP contribution < -0.4 is 5.32 Å². The van der Waals surface area contributed by atoms with E-state index in [9.17, 15) is 0 Å². The van der Waals surface area contributed by atoms with Gasteiger partial charge in [-0.05, 0) is 56.7 Å². The molecule has 0 heterocycles. The van der Waals surface area contributed by atoms with E-state index in [0.717, 1.165) is 24.6 Å². The third-order valence-electron chi connectivity index (χ3n) is 3.59. The van der Waals surface area contributed by atoms with E-state index >= 15 is 0 Å². The number of nitrogens with one attached hydrogen (secondary N) is 1. The molecule has 20 heavy (non-hydrogen) atoms. The zero-order valence-corrected chi connectivity index (χ0v) is 14.1. The lowest BCUT2D eigenvalue weighted by atomic mass is 9.84. The first-order valence-corrected chi connectivity index (χ1v) is 7.70. The fraction of sp³-hybridized carbons (Fsp3) is 0.647. The Labute approximate surface area is 128 Å². The molecule has 0 saturated heterocycles. The van der Waals surface area contributed by atoms with E-state index < -0.39 is 0 Å². The van der Waals surface area contributed by atoms with Crippen molar-refractivity contribution in [2.45, 2.75) is 45.6 Å². The van der Waals surface area contributed by atoms with Gasteiger partial charge in [0, 0.05) is 30.8 Å². The zero-order valence-electron chi connectivity index (χ0n) is 13.4. The third kappa shape index (κ3) is 6.25. The highest BCUT2D eigenvalue weighted by atomic mass is 35.5. The van der Waals surface area contributed by atoms with Gasteiger partial charge in [-0.3, -0.25) is 0 Å². The van der Waals surface area contributed by atoms with Crippen LogP contribution in [0.5, 0.6) is 0 Å². The molecule has 0 spiro atoms. The highest BCUT2D eigenvalue weighted by molar-refractivity contribution is 6.30. The molecule has 114 valence electrons. The van der Waals surface area contributed by atoms with Crippen LogP contribution in [0.15, 0.2) is 24.3 Å². The predicted octanol–water partition coefficient (Wildman–Crippen LogP) is 4.48. The van der Waals surface area contributed by atoms with Crippen molar-refractivity contribution in [2.75, 3.05) is 20.3 Å². The van der Waals surface area contributed by atoms with Crippen molar-refractivity contribution in [1.29, 1.82) is 0 Å². The standard InChI is InChI=1S/C17H28ClNO/c1-13(9-10-20-5)16(12-19-17(2,3)4)14-7-6-8-15(18)11-14/h6-8,11,13,16,19H,9-10,12H2,1-5H3. The number of ether oxygens (including phenoxy) is 1. The molecule has 2 unspecified atom stereocenters. The Morgan fingerprint density at radius 1 is 1.30 bits per heavy atom. The van der Waals surface area contributed by atoms with Gasteiger partial charge in [-0.15, -0.1) is 0 Å². The van der Waals surface area contributed by atoms with E-state index in [4.69, 9.17) is 16.3 Å². The molecular weight excluding hydrogens is 270 g/mol. The molecule has 1 N–H and O–H groups in total. The Balaban J connectivity index is 2.83. The quantitative estimate of drug-likeness (QED) is 0.801. The fourth-order valence-corrected chi connectivity index (χ4v) is 2.50. The molecule has 3 heteroatoms. The van der Waals surface area contributed by atoms with E-state index in [1.54, 1.807) is 7.11 Å². The molecule has 0 amide bonds. The van der Waals surface area contributed by atoms with Crippen LogP contribution in [0, 0.1) is 5.92 Å². The van der Waals surface area contributed by atoms with Gasteiger partial charge >= 0.3 is 0 Å². The smallest absolute Gasteiger partial charge is 0.0465 e. The molecular formula is C17H28ClNO. The van der Waals surface area contributed by atoms with Crippen LogP contribution in [0.2, 0.25) is 5.02 Å². The van der Waals surface area contributed by atoms with Crippen molar-refractivity contribution in [2.24, 2.45) is 5.92 Å². The van der Waals surface area contributed by atoms with Crippen molar-refractivity contribution in [3.63, 3.8) is 0 Å². The summed E-state index contributed by atoms with van der Waals surface area (Å²) in [5.74, 6) is 0.992. The van der Waals surface area contributed by atoms with Crippen molar-refractivity contribution in [3.05, 3.63) is 34.9 Å². The molecule has 0 radical (unpaired) electrons. The van der Waals surface area contributed by atoms with Crippen LogP contribution in [0.3, 0.4) is 0 Å². The summed E-state index contributed by atoms with van der Waals surface area (Å²) >= 11 is 6.14. The highest BCUT2D eigenvalue weighted by Gasteiger charge is 2.21. The zero-order chi connectivity index (χ0) is 15.2. The highest BCUT2D eigenvalue weighted by Crippen LogP contribution is 2.28. The van der Waals surface area contributed by atoms with E-state index in [0.29, 0.717) is 11.8 Å².